The first-order chi connectivity index (χ1) is 9.70. The summed E-state index contributed by atoms with van der Waals surface area (Å²) >= 11 is 0. The van der Waals surface area contributed by atoms with Gasteiger partial charge >= 0.3 is 0 Å². The molecule has 102 valence electrons. The summed E-state index contributed by atoms with van der Waals surface area (Å²) in [5, 5.41) is 5.52. The molecule has 0 fully saturated rings. The Bertz CT molecular complexity index is 760. The Labute approximate surface area is 117 Å². The molecule has 0 aliphatic carbocycles. The van der Waals surface area contributed by atoms with Crippen LogP contribution in [-0.2, 0) is 6.42 Å². The van der Waals surface area contributed by atoms with E-state index >= 15 is 0 Å². The van der Waals surface area contributed by atoms with Crippen LogP contribution in [0.4, 0.5) is 5.82 Å². The molecule has 2 heterocycles. The second-order valence-corrected chi connectivity index (χ2v) is 4.84. The Morgan fingerprint density at radius 1 is 1.20 bits per heavy atom. The summed E-state index contributed by atoms with van der Waals surface area (Å²) < 4.78 is 1.84. The van der Waals surface area contributed by atoms with Gasteiger partial charge in [-0.3, -0.25) is 0 Å². The molecule has 0 spiro atoms. The summed E-state index contributed by atoms with van der Waals surface area (Å²) in [6.45, 7) is 4.03. The summed E-state index contributed by atoms with van der Waals surface area (Å²) in [5.41, 5.74) is 7.89. The van der Waals surface area contributed by atoms with Crippen molar-refractivity contribution in [2.24, 2.45) is 0 Å². The van der Waals surface area contributed by atoms with Gasteiger partial charge in [0.2, 0.25) is 0 Å². The maximum absolute atomic E-state index is 6.01. The van der Waals surface area contributed by atoms with Crippen LogP contribution in [0.1, 0.15) is 24.7 Å². The second kappa shape index (κ2) is 4.92. The molecule has 0 atom stereocenters. The molecule has 0 bridgehead atoms. The average Bonchev–Trinajstić information content (AvgIpc) is 2.87. The van der Waals surface area contributed by atoms with Crippen molar-refractivity contribution in [2.45, 2.75) is 26.7 Å². The molecule has 0 unspecified atom stereocenters. The number of benzene rings is 1. The van der Waals surface area contributed by atoms with Crippen molar-refractivity contribution in [1.82, 2.24) is 19.7 Å². The number of rotatable bonds is 3. The quantitative estimate of drug-likeness (QED) is 0.792. The van der Waals surface area contributed by atoms with Gasteiger partial charge in [0.05, 0.1) is 11.7 Å². The lowest BCUT2D eigenvalue weighted by atomic mass is 10.2. The summed E-state index contributed by atoms with van der Waals surface area (Å²) in [4.78, 5) is 8.96. The number of nitrogen functional groups attached to an aromatic ring is 1. The second-order valence-electron chi connectivity index (χ2n) is 4.84. The number of nitrogens with zero attached hydrogens (tertiary/aromatic N) is 4. The predicted molar refractivity (Wildman–Crippen MR) is 79.8 cm³/mol. The van der Waals surface area contributed by atoms with Crippen molar-refractivity contribution in [1.29, 1.82) is 0 Å². The van der Waals surface area contributed by atoms with Crippen LogP contribution in [-0.4, -0.2) is 19.7 Å². The van der Waals surface area contributed by atoms with E-state index in [1.807, 2.05) is 42.1 Å². The Balaban J connectivity index is 2.23. The number of hydrogen-bond donors (Lipinski definition) is 1. The Kier molecular flexibility index (Phi) is 3.10. The van der Waals surface area contributed by atoms with Crippen molar-refractivity contribution in [3.63, 3.8) is 0 Å². The molecule has 0 aliphatic heterocycles. The van der Waals surface area contributed by atoms with Gasteiger partial charge in [-0.05, 0) is 19.4 Å². The highest BCUT2D eigenvalue weighted by molar-refractivity contribution is 5.80. The molecule has 0 radical (unpaired) electrons. The van der Waals surface area contributed by atoms with Crippen molar-refractivity contribution in [3.05, 3.63) is 41.9 Å². The van der Waals surface area contributed by atoms with Gasteiger partial charge in [-0.1, -0.05) is 25.1 Å². The molecule has 3 aromatic rings. The highest BCUT2D eigenvalue weighted by Crippen LogP contribution is 2.21. The van der Waals surface area contributed by atoms with E-state index < -0.39 is 0 Å². The molecule has 2 aromatic heterocycles. The largest absolute Gasteiger partial charge is 0.383 e. The number of para-hydroxylation sites is 1. The maximum Gasteiger partial charge on any atom is 0.162 e. The van der Waals surface area contributed by atoms with E-state index in [4.69, 9.17) is 5.73 Å². The number of hydrogen-bond acceptors (Lipinski definition) is 4. The van der Waals surface area contributed by atoms with Crippen molar-refractivity contribution in [3.8, 4) is 5.82 Å². The molecular weight excluding hydrogens is 250 g/mol. The number of nitrogens with two attached hydrogens (primary N) is 1. The predicted octanol–water partition coefficient (Wildman–Crippen LogP) is 2.66. The summed E-state index contributed by atoms with van der Waals surface area (Å²) in [6.07, 6.45) is 3.64. The van der Waals surface area contributed by atoms with E-state index in [1.165, 1.54) is 0 Å². The minimum atomic E-state index is 0.526. The van der Waals surface area contributed by atoms with Crippen LogP contribution in [0, 0.1) is 6.92 Å². The highest BCUT2D eigenvalue weighted by Gasteiger charge is 2.13. The molecule has 0 amide bonds. The van der Waals surface area contributed by atoms with Crippen molar-refractivity contribution < 1.29 is 0 Å². The summed E-state index contributed by atoms with van der Waals surface area (Å²) in [6, 6.07) is 8.05. The van der Waals surface area contributed by atoms with Gasteiger partial charge < -0.3 is 5.73 Å². The molecule has 0 saturated carbocycles. The van der Waals surface area contributed by atoms with Gasteiger partial charge in [-0.25, -0.2) is 14.6 Å². The smallest absolute Gasteiger partial charge is 0.162 e. The van der Waals surface area contributed by atoms with E-state index in [0.717, 1.165) is 41.0 Å². The number of anilines is 1. The summed E-state index contributed by atoms with van der Waals surface area (Å²) in [5.74, 6) is 2.06. The van der Waals surface area contributed by atoms with Crippen LogP contribution in [0.2, 0.25) is 0 Å². The van der Waals surface area contributed by atoms with Gasteiger partial charge in [0.15, 0.2) is 5.82 Å². The van der Waals surface area contributed by atoms with Crippen molar-refractivity contribution in [2.75, 3.05) is 5.73 Å². The first-order valence-corrected chi connectivity index (χ1v) is 6.77. The van der Waals surface area contributed by atoms with Crippen LogP contribution >= 0.6 is 0 Å². The molecule has 0 aliphatic rings. The maximum atomic E-state index is 6.01. The lowest BCUT2D eigenvalue weighted by Gasteiger charge is -2.10. The summed E-state index contributed by atoms with van der Waals surface area (Å²) in [7, 11) is 0. The van der Waals surface area contributed by atoms with Crippen LogP contribution in [0.3, 0.4) is 0 Å². The molecule has 0 saturated heterocycles. The van der Waals surface area contributed by atoms with Gasteiger partial charge in [0.1, 0.15) is 11.6 Å². The first-order valence-electron chi connectivity index (χ1n) is 6.77. The topological polar surface area (TPSA) is 69.6 Å². The fourth-order valence-electron chi connectivity index (χ4n) is 2.25. The Hall–Kier alpha value is -2.43. The highest BCUT2D eigenvalue weighted by atomic mass is 15.3. The van der Waals surface area contributed by atoms with Crippen LogP contribution in [0.15, 0.2) is 30.5 Å². The van der Waals surface area contributed by atoms with Crippen molar-refractivity contribution >= 4 is 16.7 Å². The fourth-order valence-corrected chi connectivity index (χ4v) is 2.25. The minimum absolute atomic E-state index is 0.526. The fraction of sp³-hybridized carbons (Fsp3) is 0.267. The zero-order valence-corrected chi connectivity index (χ0v) is 11.7. The van der Waals surface area contributed by atoms with E-state index in [1.54, 1.807) is 0 Å². The Morgan fingerprint density at radius 3 is 2.80 bits per heavy atom. The van der Waals surface area contributed by atoms with E-state index in [2.05, 4.69) is 22.0 Å². The zero-order valence-electron chi connectivity index (χ0n) is 11.7. The third kappa shape index (κ3) is 2.01. The molecule has 5 heteroatoms. The molecule has 3 rings (SSSR count). The third-order valence-corrected chi connectivity index (χ3v) is 3.36. The van der Waals surface area contributed by atoms with Gasteiger partial charge in [0, 0.05) is 17.4 Å². The zero-order chi connectivity index (χ0) is 14.1. The molecule has 5 nitrogen and oxygen atoms in total. The average molecular weight is 267 g/mol. The third-order valence-electron chi connectivity index (χ3n) is 3.36. The number of fused-ring (bicyclic) bond motifs is 1. The van der Waals surface area contributed by atoms with Crippen LogP contribution in [0.5, 0.6) is 0 Å². The monoisotopic (exact) mass is 267 g/mol. The molecule has 2 N–H and O–H groups in total. The minimum Gasteiger partial charge on any atom is -0.383 e. The molecular formula is C15H17N5. The number of aryl methyl sites for hydroxylation is 1. The van der Waals surface area contributed by atoms with E-state index in [0.29, 0.717) is 5.82 Å². The Morgan fingerprint density at radius 2 is 2.00 bits per heavy atom. The molecule has 1 aromatic carbocycles. The molecule has 20 heavy (non-hydrogen) atoms. The van der Waals surface area contributed by atoms with Gasteiger partial charge in [-0.15, -0.1) is 0 Å². The normalized spacial score (nSPS) is 11.1. The number of aromatic nitrogens is 4. The standard InChI is InChI=1S/C15H17N5/c1-3-6-13-18-14(16)10(2)15(19-13)20-12-8-5-4-7-11(12)9-17-20/h4-5,7-9H,3,6H2,1-2H3,(H2,16,18,19). The first kappa shape index (κ1) is 12.6. The lowest BCUT2D eigenvalue weighted by Crippen LogP contribution is -2.10. The van der Waals surface area contributed by atoms with E-state index in [9.17, 15) is 0 Å². The van der Waals surface area contributed by atoms with Gasteiger partial charge in [0.25, 0.3) is 0 Å². The van der Waals surface area contributed by atoms with Crippen LogP contribution < -0.4 is 5.73 Å². The van der Waals surface area contributed by atoms with E-state index in [-0.39, 0.29) is 0 Å². The SMILES string of the molecule is CCCc1nc(N)c(C)c(-n2ncc3ccccc32)n1. The van der Waals surface area contributed by atoms with Crippen LogP contribution in [0.25, 0.3) is 16.7 Å². The lowest BCUT2D eigenvalue weighted by molar-refractivity contribution is 0.791. The van der Waals surface area contributed by atoms with Gasteiger partial charge in [-0.2, -0.15) is 5.10 Å².